The Labute approximate surface area is 140 Å². The first kappa shape index (κ1) is 17.6. The monoisotopic (exact) mass is 314 g/mol. The summed E-state index contributed by atoms with van der Waals surface area (Å²) in [6.45, 7) is 10.8. The Morgan fingerprint density at radius 1 is 1.26 bits per heavy atom. The fourth-order valence-electron chi connectivity index (χ4n) is 3.20. The molecule has 1 aromatic rings. The summed E-state index contributed by atoms with van der Waals surface area (Å²) < 4.78 is 0. The van der Waals surface area contributed by atoms with Crippen LogP contribution in [0.5, 0.6) is 0 Å². The molecule has 3 heteroatoms. The highest BCUT2D eigenvalue weighted by Crippen LogP contribution is 2.24. The second-order valence-corrected chi connectivity index (χ2v) is 7.33. The second kappa shape index (κ2) is 7.67. The largest absolute Gasteiger partial charge is 0.338 e. The molecule has 0 saturated heterocycles. The minimum absolute atomic E-state index is 0.0821. The van der Waals surface area contributed by atoms with Gasteiger partial charge in [0.05, 0.1) is 5.54 Å². The van der Waals surface area contributed by atoms with Crippen LogP contribution in [0.2, 0.25) is 0 Å². The van der Waals surface area contributed by atoms with Crippen LogP contribution in [0.4, 0.5) is 4.79 Å². The number of allylic oxidation sites excluding steroid dienone is 1. The van der Waals surface area contributed by atoms with Crippen molar-refractivity contribution in [2.45, 2.75) is 58.4 Å². The zero-order valence-corrected chi connectivity index (χ0v) is 14.7. The van der Waals surface area contributed by atoms with E-state index in [1.807, 2.05) is 39.0 Å². The molecular formula is C20H30N2O. The highest BCUT2D eigenvalue weighted by molar-refractivity contribution is 5.75. The van der Waals surface area contributed by atoms with Crippen LogP contribution in [-0.2, 0) is 5.54 Å². The standard InChI is InChI=1S/C20H30N2O/c1-15(2)17-11-8-12-18(13-17)20(3,4)22-19(23)21-14-16-9-6-5-7-10-16/h8,11-13,16H,1,5-7,9-10,14H2,2-4H3,(H2,21,22,23). The molecule has 0 aromatic heterocycles. The number of hydrogen-bond donors (Lipinski definition) is 2. The molecule has 0 unspecified atom stereocenters. The summed E-state index contributed by atoms with van der Waals surface area (Å²) in [7, 11) is 0. The van der Waals surface area contributed by atoms with Crippen LogP contribution in [0.1, 0.15) is 64.0 Å². The predicted molar refractivity (Wildman–Crippen MR) is 97.3 cm³/mol. The van der Waals surface area contributed by atoms with Crippen molar-refractivity contribution in [1.29, 1.82) is 0 Å². The van der Waals surface area contributed by atoms with Crippen LogP contribution in [-0.4, -0.2) is 12.6 Å². The zero-order valence-electron chi connectivity index (χ0n) is 14.7. The van der Waals surface area contributed by atoms with E-state index in [2.05, 4.69) is 23.3 Å². The summed E-state index contributed by atoms with van der Waals surface area (Å²) in [6, 6.07) is 8.13. The number of carbonyl (C=O) groups is 1. The van der Waals surface area contributed by atoms with E-state index in [4.69, 9.17) is 0 Å². The fraction of sp³-hybridized carbons (Fsp3) is 0.550. The van der Waals surface area contributed by atoms with Gasteiger partial charge in [-0.15, -0.1) is 0 Å². The molecule has 1 saturated carbocycles. The molecule has 2 N–H and O–H groups in total. The van der Waals surface area contributed by atoms with Gasteiger partial charge >= 0.3 is 6.03 Å². The minimum atomic E-state index is -0.415. The minimum Gasteiger partial charge on any atom is -0.338 e. The zero-order chi connectivity index (χ0) is 16.9. The van der Waals surface area contributed by atoms with Gasteiger partial charge in [0.1, 0.15) is 0 Å². The third-order valence-corrected chi connectivity index (χ3v) is 4.78. The van der Waals surface area contributed by atoms with Gasteiger partial charge in [-0.2, -0.15) is 0 Å². The molecule has 0 spiro atoms. The smallest absolute Gasteiger partial charge is 0.315 e. The number of rotatable bonds is 5. The molecule has 2 amide bonds. The normalized spacial score (nSPS) is 16.0. The molecule has 0 heterocycles. The molecule has 2 rings (SSSR count). The lowest BCUT2D eigenvalue weighted by Gasteiger charge is -2.28. The lowest BCUT2D eigenvalue weighted by molar-refractivity contribution is 0.225. The third-order valence-electron chi connectivity index (χ3n) is 4.78. The van der Waals surface area contributed by atoms with Crippen molar-refractivity contribution in [2.24, 2.45) is 5.92 Å². The first-order valence-electron chi connectivity index (χ1n) is 8.71. The molecule has 0 atom stereocenters. The molecule has 1 aliphatic carbocycles. The summed E-state index contributed by atoms with van der Waals surface area (Å²) in [5.74, 6) is 0.643. The van der Waals surface area contributed by atoms with Crippen molar-refractivity contribution in [3.8, 4) is 0 Å². The van der Waals surface area contributed by atoms with Gasteiger partial charge in [-0.05, 0) is 56.7 Å². The molecule has 3 nitrogen and oxygen atoms in total. The van der Waals surface area contributed by atoms with Crippen molar-refractivity contribution in [3.63, 3.8) is 0 Å². The maximum absolute atomic E-state index is 12.3. The van der Waals surface area contributed by atoms with Crippen molar-refractivity contribution in [1.82, 2.24) is 10.6 Å². The molecule has 0 bridgehead atoms. The van der Waals surface area contributed by atoms with Crippen molar-refractivity contribution >= 4 is 11.6 Å². The molecule has 23 heavy (non-hydrogen) atoms. The Morgan fingerprint density at radius 3 is 2.61 bits per heavy atom. The molecular weight excluding hydrogens is 284 g/mol. The number of urea groups is 1. The van der Waals surface area contributed by atoms with Crippen molar-refractivity contribution in [2.75, 3.05) is 6.54 Å². The van der Waals surface area contributed by atoms with Crippen LogP contribution < -0.4 is 10.6 Å². The Morgan fingerprint density at radius 2 is 1.96 bits per heavy atom. The van der Waals surface area contributed by atoms with E-state index < -0.39 is 5.54 Å². The maximum atomic E-state index is 12.3. The van der Waals surface area contributed by atoms with Gasteiger partial charge in [0.15, 0.2) is 0 Å². The van der Waals surface area contributed by atoms with Crippen LogP contribution >= 0.6 is 0 Å². The van der Waals surface area contributed by atoms with Gasteiger partial charge in [-0.3, -0.25) is 0 Å². The van der Waals surface area contributed by atoms with Crippen LogP contribution in [0.15, 0.2) is 30.8 Å². The maximum Gasteiger partial charge on any atom is 0.315 e. The van der Waals surface area contributed by atoms with E-state index >= 15 is 0 Å². The third kappa shape index (κ3) is 5.12. The van der Waals surface area contributed by atoms with Gasteiger partial charge in [0, 0.05) is 6.54 Å². The summed E-state index contributed by atoms with van der Waals surface area (Å²) in [4.78, 5) is 12.3. The van der Waals surface area contributed by atoms with E-state index in [1.54, 1.807) is 0 Å². The topological polar surface area (TPSA) is 41.1 Å². The molecule has 0 aliphatic heterocycles. The van der Waals surface area contributed by atoms with Gasteiger partial charge in [-0.25, -0.2) is 4.79 Å². The number of carbonyl (C=O) groups excluding carboxylic acids is 1. The molecule has 1 aromatic carbocycles. The molecule has 0 radical (unpaired) electrons. The van der Waals surface area contributed by atoms with E-state index in [0.717, 1.165) is 23.2 Å². The number of nitrogens with one attached hydrogen (secondary N) is 2. The van der Waals surface area contributed by atoms with E-state index in [-0.39, 0.29) is 6.03 Å². The summed E-state index contributed by atoms with van der Waals surface area (Å²) in [5, 5.41) is 6.15. The lowest BCUT2D eigenvalue weighted by atomic mass is 9.89. The number of hydrogen-bond acceptors (Lipinski definition) is 1. The first-order valence-corrected chi connectivity index (χ1v) is 8.71. The summed E-state index contributed by atoms with van der Waals surface area (Å²) >= 11 is 0. The van der Waals surface area contributed by atoms with Crippen LogP contribution in [0.3, 0.4) is 0 Å². The molecule has 126 valence electrons. The van der Waals surface area contributed by atoms with Crippen LogP contribution in [0, 0.1) is 5.92 Å². The summed E-state index contributed by atoms with van der Waals surface area (Å²) in [5.41, 5.74) is 2.82. The highest BCUT2D eigenvalue weighted by Gasteiger charge is 2.23. The SMILES string of the molecule is C=C(C)c1cccc(C(C)(C)NC(=O)NCC2CCCCC2)c1. The number of benzene rings is 1. The molecule has 1 aliphatic rings. The Hall–Kier alpha value is -1.77. The second-order valence-electron chi connectivity index (χ2n) is 7.33. The van der Waals surface area contributed by atoms with Crippen molar-refractivity contribution < 1.29 is 4.79 Å². The quantitative estimate of drug-likeness (QED) is 0.802. The van der Waals surface area contributed by atoms with Crippen molar-refractivity contribution in [3.05, 3.63) is 42.0 Å². The lowest BCUT2D eigenvalue weighted by Crippen LogP contribution is -2.47. The predicted octanol–water partition coefficient (Wildman–Crippen LogP) is 4.83. The summed E-state index contributed by atoms with van der Waals surface area (Å²) in [6.07, 6.45) is 6.42. The molecule has 1 fully saturated rings. The van der Waals surface area contributed by atoms with Gasteiger partial charge in [0.25, 0.3) is 0 Å². The Balaban J connectivity index is 1.92. The first-order chi connectivity index (χ1) is 10.9. The van der Waals surface area contributed by atoms with Gasteiger partial charge in [0.2, 0.25) is 0 Å². The average Bonchev–Trinajstić information content (AvgIpc) is 2.53. The highest BCUT2D eigenvalue weighted by atomic mass is 16.2. The number of amides is 2. The van der Waals surface area contributed by atoms with Gasteiger partial charge < -0.3 is 10.6 Å². The van der Waals surface area contributed by atoms with E-state index in [1.165, 1.54) is 32.1 Å². The fourth-order valence-corrected chi connectivity index (χ4v) is 3.20. The van der Waals surface area contributed by atoms with Gasteiger partial charge in [-0.1, -0.05) is 49.6 Å². The van der Waals surface area contributed by atoms with Crippen LogP contribution in [0.25, 0.3) is 5.57 Å². The Kier molecular flexibility index (Phi) is 5.86. The average molecular weight is 314 g/mol. The van der Waals surface area contributed by atoms with E-state index in [0.29, 0.717) is 5.92 Å². The van der Waals surface area contributed by atoms with E-state index in [9.17, 15) is 4.79 Å². The Bertz CT molecular complexity index is 557.